The van der Waals surface area contributed by atoms with Crippen LogP contribution in [0.5, 0.6) is 0 Å². The SMILES string of the molecule is CC1=C(CCC#N)S(=O)(=O)CC1. The predicted molar refractivity (Wildman–Crippen MR) is 46.0 cm³/mol. The van der Waals surface area contributed by atoms with Gasteiger partial charge in [-0.2, -0.15) is 5.26 Å². The summed E-state index contributed by atoms with van der Waals surface area (Å²) in [4.78, 5) is 0.504. The van der Waals surface area contributed by atoms with E-state index in [0.29, 0.717) is 24.2 Å². The molecule has 66 valence electrons. The molecule has 0 radical (unpaired) electrons. The molecule has 1 heterocycles. The topological polar surface area (TPSA) is 57.9 Å². The maximum absolute atomic E-state index is 11.3. The van der Waals surface area contributed by atoms with Crippen molar-refractivity contribution >= 4 is 9.84 Å². The number of allylic oxidation sites excluding steroid dienone is 2. The molecule has 0 spiro atoms. The van der Waals surface area contributed by atoms with Crippen molar-refractivity contribution in [3.05, 3.63) is 10.5 Å². The van der Waals surface area contributed by atoms with Crippen LogP contribution in [-0.4, -0.2) is 14.2 Å². The molecule has 0 aromatic heterocycles. The lowest BCUT2D eigenvalue weighted by Crippen LogP contribution is -2.01. The summed E-state index contributed by atoms with van der Waals surface area (Å²) >= 11 is 0. The summed E-state index contributed by atoms with van der Waals surface area (Å²) in [7, 11) is -2.98. The van der Waals surface area contributed by atoms with Crippen LogP contribution in [0.2, 0.25) is 0 Å². The normalized spacial score (nSPS) is 21.0. The third-order valence-corrected chi connectivity index (χ3v) is 4.11. The van der Waals surface area contributed by atoms with Crippen molar-refractivity contribution in [2.45, 2.75) is 26.2 Å². The molecule has 0 saturated carbocycles. The second-order valence-electron chi connectivity index (χ2n) is 2.93. The fraction of sp³-hybridized carbons (Fsp3) is 0.625. The van der Waals surface area contributed by atoms with E-state index in [9.17, 15) is 8.42 Å². The van der Waals surface area contributed by atoms with Gasteiger partial charge in [0.15, 0.2) is 9.84 Å². The minimum Gasteiger partial charge on any atom is -0.224 e. The van der Waals surface area contributed by atoms with Gasteiger partial charge in [0.25, 0.3) is 0 Å². The van der Waals surface area contributed by atoms with E-state index in [1.807, 2.05) is 13.0 Å². The molecular weight excluding hydrogens is 174 g/mol. The van der Waals surface area contributed by atoms with Crippen LogP contribution in [0.15, 0.2) is 10.5 Å². The summed E-state index contributed by atoms with van der Waals surface area (Å²) in [6.07, 6.45) is 1.33. The minimum absolute atomic E-state index is 0.236. The van der Waals surface area contributed by atoms with Crippen molar-refractivity contribution < 1.29 is 8.42 Å². The number of hydrogen-bond donors (Lipinski definition) is 0. The Morgan fingerprint density at radius 2 is 2.25 bits per heavy atom. The first kappa shape index (κ1) is 9.27. The van der Waals surface area contributed by atoms with Crippen LogP contribution in [0.4, 0.5) is 0 Å². The highest BCUT2D eigenvalue weighted by atomic mass is 32.2. The Morgan fingerprint density at radius 1 is 1.58 bits per heavy atom. The van der Waals surface area contributed by atoms with Gasteiger partial charge in [-0.1, -0.05) is 5.57 Å². The Bertz CT molecular complexity index is 346. The Kier molecular flexibility index (Phi) is 2.53. The average molecular weight is 185 g/mol. The van der Waals surface area contributed by atoms with E-state index < -0.39 is 9.84 Å². The molecule has 4 heteroatoms. The molecule has 1 aliphatic rings. The maximum atomic E-state index is 11.3. The zero-order chi connectivity index (χ0) is 9.19. The van der Waals surface area contributed by atoms with E-state index in [4.69, 9.17) is 5.26 Å². The smallest absolute Gasteiger partial charge is 0.174 e. The highest BCUT2D eigenvalue weighted by molar-refractivity contribution is 7.95. The molecule has 3 nitrogen and oxygen atoms in total. The summed E-state index contributed by atoms with van der Waals surface area (Å²) in [6.45, 7) is 1.83. The first-order valence-corrected chi connectivity index (χ1v) is 5.51. The van der Waals surface area contributed by atoms with Gasteiger partial charge in [-0.25, -0.2) is 8.42 Å². The van der Waals surface area contributed by atoms with E-state index in [1.54, 1.807) is 0 Å². The molecule has 0 aliphatic carbocycles. The van der Waals surface area contributed by atoms with Crippen molar-refractivity contribution in [2.75, 3.05) is 5.75 Å². The van der Waals surface area contributed by atoms with Crippen LogP contribution >= 0.6 is 0 Å². The van der Waals surface area contributed by atoms with Crippen LogP contribution in [0.25, 0.3) is 0 Å². The fourth-order valence-corrected chi connectivity index (χ4v) is 3.22. The van der Waals surface area contributed by atoms with Gasteiger partial charge >= 0.3 is 0 Å². The monoisotopic (exact) mass is 185 g/mol. The molecule has 0 fully saturated rings. The van der Waals surface area contributed by atoms with Gasteiger partial charge in [0.2, 0.25) is 0 Å². The zero-order valence-electron chi connectivity index (χ0n) is 7.00. The second-order valence-corrected chi connectivity index (χ2v) is 5.06. The lowest BCUT2D eigenvalue weighted by molar-refractivity contribution is 0.603. The molecule has 0 bridgehead atoms. The zero-order valence-corrected chi connectivity index (χ0v) is 7.82. The van der Waals surface area contributed by atoms with Crippen molar-refractivity contribution in [1.29, 1.82) is 5.26 Å². The quantitative estimate of drug-likeness (QED) is 0.653. The van der Waals surface area contributed by atoms with Crippen LogP contribution in [-0.2, 0) is 9.84 Å². The van der Waals surface area contributed by atoms with Crippen molar-refractivity contribution in [3.8, 4) is 6.07 Å². The third kappa shape index (κ3) is 1.67. The lowest BCUT2D eigenvalue weighted by atomic mass is 10.2. The lowest BCUT2D eigenvalue weighted by Gasteiger charge is -1.98. The van der Waals surface area contributed by atoms with Gasteiger partial charge in [0.1, 0.15) is 0 Å². The highest BCUT2D eigenvalue weighted by Gasteiger charge is 2.25. The summed E-state index contributed by atoms with van der Waals surface area (Å²) in [6, 6.07) is 1.95. The van der Waals surface area contributed by atoms with E-state index in [1.165, 1.54) is 0 Å². The Balaban J connectivity index is 2.86. The van der Waals surface area contributed by atoms with Crippen molar-refractivity contribution in [3.63, 3.8) is 0 Å². The fourth-order valence-electron chi connectivity index (χ4n) is 1.35. The second kappa shape index (κ2) is 3.28. The molecular formula is C8H11NO2S. The first-order chi connectivity index (χ1) is 5.58. The molecule has 12 heavy (non-hydrogen) atoms. The molecule has 0 amide bonds. The Morgan fingerprint density at radius 3 is 2.67 bits per heavy atom. The Labute approximate surface area is 72.6 Å². The van der Waals surface area contributed by atoms with E-state index in [-0.39, 0.29) is 5.75 Å². The van der Waals surface area contributed by atoms with Crippen molar-refractivity contribution in [1.82, 2.24) is 0 Å². The molecule has 1 aliphatic heterocycles. The van der Waals surface area contributed by atoms with Gasteiger partial charge in [-0.05, 0) is 19.8 Å². The summed E-state index contributed by atoms with van der Waals surface area (Å²) in [5.74, 6) is 0.236. The minimum atomic E-state index is -2.98. The number of hydrogen-bond acceptors (Lipinski definition) is 3. The van der Waals surface area contributed by atoms with Crippen LogP contribution in [0, 0.1) is 11.3 Å². The highest BCUT2D eigenvalue weighted by Crippen LogP contribution is 2.28. The summed E-state index contributed by atoms with van der Waals surface area (Å²) in [5, 5.41) is 8.32. The third-order valence-electron chi connectivity index (χ3n) is 2.06. The molecule has 0 saturated heterocycles. The van der Waals surface area contributed by atoms with E-state index in [2.05, 4.69) is 0 Å². The molecule has 0 N–H and O–H groups in total. The van der Waals surface area contributed by atoms with Crippen LogP contribution < -0.4 is 0 Å². The van der Waals surface area contributed by atoms with Gasteiger partial charge in [-0.3, -0.25) is 0 Å². The maximum Gasteiger partial charge on any atom is 0.174 e. The summed E-state index contributed by atoms with van der Waals surface area (Å²) in [5.41, 5.74) is 0.935. The number of sulfone groups is 1. The largest absolute Gasteiger partial charge is 0.224 e. The van der Waals surface area contributed by atoms with Crippen molar-refractivity contribution in [2.24, 2.45) is 0 Å². The van der Waals surface area contributed by atoms with Gasteiger partial charge < -0.3 is 0 Å². The first-order valence-electron chi connectivity index (χ1n) is 3.86. The van der Waals surface area contributed by atoms with E-state index >= 15 is 0 Å². The Hall–Kier alpha value is -0.820. The van der Waals surface area contributed by atoms with Crippen LogP contribution in [0.1, 0.15) is 26.2 Å². The standard InChI is InChI=1S/C8H11NO2S/c1-7-4-6-12(10,11)8(7)3-2-5-9/h2-4,6H2,1H3. The molecule has 0 unspecified atom stereocenters. The molecule has 0 atom stereocenters. The molecule has 0 aromatic carbocycles. The molecule has 1 rings (SSSR count). The number of rotatable bonds is 2. The number of nitrogens with zero attached hydrogens (tertiary/aromatic N) is 1. The van der Waals surface area contributed by atoms with Gasteiger partial charge in [0.05, 0.1) is 11.8 Å². The van der Waals surface area contributed by atoms with Gasteiger partial charge in [-0.15, -0.1) is 0 Å². The van der Waals surface area contributed by atoms with Crippen LogP contribution in [0.3, 0.4) is 0 Å². The average Bonchev–Trinajstić information content (AvgIpc) is 2.24. The molecule has 0 aromatic rings. The van der Waals surface area contributed by atoms with E-state index in [0.717, 1.165) is 5.57 Å². The van der Waals surface area contributed by atoms with Gasteiger partial charge in [0, 0.05) is 11.3 Å². The number of nitriles is 1. The summed E-state index contributed by atoms with van der Waals surface area (Å²) < 4.78 is 22.6. The predicted octanol–water partition coefficient (Wildman–Crippen LogP) is 1.38.